The first kappa shape index (κ1) is 8.74. The number of aryl methyl sites for hydroxylation is 1. The quantitative estimate of drug-likeness (QED) is 0.698. The van der Waals surface area contributed by atoms with Crippen molar-refractivity contribution in [2.24, 2.45) is 7.05 Å². The highest BCUT2D eigenvalue weighted by Gasteiger charge is 2.08. The van der Waals surface area contributed by atoms with Crippen LogP contribution in [0.2, 0.25) is 0 Å². The maximum absolute atomic E-state index is 13.1. The van der Waals surface area contributed by atoms with Crippen LogP contribution >= 0.6 is 0 Å². The second-order valence-corrected chi connectivity index (χ2v) is 3.08. The topological polar surface area (TPSA) is 43.8 Å². The van der Waals surface area contributed by atoms with Gasteiger partial charge in [-0.1, -0.05) is 12.1 Å². The van der Waals surface area contributed by atoms with Crippen molar-refractivity contribution in [2.45, 2.75) is 0 Å². The van der Waals surface area contributed by atoms with Gasteiger partial charge in [-0.3, -0.25) is 4.68 Å². The van der Waals surface area contributed by atoms with Gasteiger partial charge in [0.2, 0.25) is 0 Å². The van der Waals surface area contributed by atoms with Gasteiger partial charge in [0.25, 0.3) is 0 Å². The summed E-state index contributed by atoms with van der Waals surface area (Å²) in [5.74, 6) is -0.409. The first-order chi connectivity index (χ1) is 6.68. The van der Waals surface area contributed by atoms with Crippen LogP contribution in [0.4, 0.5) is 10.1 Å². The largest absolute Gasteiger partial charge is 0.396 e. The fraction of sp³-hybridized carbons (Fsp3) is 0.100. The Bertz CT molecular complexity index is 462. The minimum Gasteiger partial charge on any atom is -0.396 e. The summed E-state index contributed by atoms with van der Waals surface area (Å²) < 4.78 is 14.8. The molecule has 0 fully saturated rings. The monoisotopic (exact) mass is 191 g/mol. The standard InChI is InChI=1S/C10H10FN3/c1-14-6-5-9(13-14)7-3-2-4-8(11)10(7)12/h2-6H,12H2,1H3. The molecule has 0 atom stereocenters. The summed E-state index contributed by atoms with van der Waals surface area (Å²) in [4.78, 5) is 0. The highest BCUT2D eigenvalue weighted by atomic mass is 19.1. The number of para-hydroxylation sites is 1. The van der Waals surface area contributed by atoms with Crippen LogP contribution in [0.25, 0.3) is 11.3 Å². The van der Waals surface area contributed by atoms with Gasteiger partial charge in [0.1, 0.15) is 5.82 Å². The summed E-state index contributed by atoms with van der Waals surface area (Å²) in [6, 6.07) is 6.50. The Labute approximate surface area is 81.0 Å². The summed E-state index contributed by atoms with van der Waals surface area (Å²) in [6.07, 6.45) is 1.79. The summed E-state index contributed by atoms with van der Waals surface area (Å²) >= 11 is 0. The summed E-state index contributed by atoms with van der Waals surface area (Å²) in [5, 5.41) is 4.15. The molecule has 0 spiro atoms. The minimum atomic E-state index is -0.409. The molecule has 14 heavy (non-hydrogen) atoms. The van der Waals surface area contributed by atoms with Crippen molar-refractivity contribution in [1.82, 2.24) is 9.78 Å². The van der Waals surface area contributed by atoms with E-state index in [1.54, 1.807) is 36.1 Å². The molecule has 1 aromatic heterocycles. The number of halogens is 1. The molecular weight excluding hydrogens is 181 g/mol. The van der Waals surface area contributed by atoms with Crippen molar-refractivity contribution < 1.29 is 4.39 Å². The van der Waals surface area contributed by atoms with Gasteiger partial charge in [0, 0.05) is 18.8 Å². The number of hydrogen-bond acceptors (Lipinski definition) is 2. The zero-order valence-corrected chi connectivity index (χ0v) is 7.74. The Morgan fingerprint density at radius 1 is 1.36 bits per heavy atom. The van der Waals surface area contributed by atoms with Crippen molar-refractivity contribution in [3.63, 3.8) is 0 Å². The molecule has 0 unspecified atom stereocenters. The predicted octanol–water partition coefficient (Wildman–Crippen LogP) is 1.81. The Balaban J connectivity index is 2.57. The summed E-state index contributed by atoms with van der Waals surface area (Å²) in [7, 11) is 1.80. The van der Waals surface area contributed by atoms with Crippen molar-refractivity contribution >= 4 is 5.69 Å². The molecule has 0 aliphatic carbocycles. The molecule has 0 saturated carbocycles. The zero-order chi connectivity index (χ0) is 10.1. The van der Waals surface area contributed by atoms with E-state index in [4.69, 9.17) is 5.73 Å². The number of anilines is 1. The molecule has 0 radical (unpaired) electrons. The van der Waals surface area contributed by atoms with Gasteiger partial charge in [-0.05, 0) is 12.1 Å². The van der Waals surface area contributed by atoms with E-state index < -0.39 is 5.82 Å². The first-order valence-electron chi connectivity index (χ1n) is 4.22. The smallest absolute Gasteiger partial charge is 0.146 e. The average Bonchev–Trinajstić information content (AvgIpc) is 2.57. The second-order valence-electron chi connectivity index (χ2n) is 3.08. The van der Waals surface area contributed by atoms with Crippen LogP contribution in [-0.4, -0.2) is 9.78 Å². The Hall–Kier alpha value is -1.84. The van der Waals surface area contributed by atoms with Gasteiger partial charge in [-0.2, -0.15) is 5.10 Å². The number of nitrogens with zero attached hydrogens (tertiary/aromatic N) is 2. The van der Waals surface area contributed by atoms with Gasteiger partial charge < -0.3 is 5.73 Å². The molecule has 0 bridgehead atoms. The third-order valence-corrected chi connectivity index (χ3v) is 2.04. The molecule has 0 aliphatic heterocycles. The molecule has 1 heterocycles. The lowest BCUT2D eigenvalue weighted by molar-refractivity contribution is 0.633. The molecule has 0 amide bonds. The van der Waals surface area contributed by atoms with Gasteiger partial charge in [0.15, 0.2) is 0 Å². The highest BCUT2D eigenvalue weighted by molar-refractivity contribution is 5.73. The number of rotatable bonds is 1. The molecule has 72 valence electrons. The third kappa shape index (κ3) is 1.35. The van der Waals surface area contributed by atoms with Crippen molar-refractivity contribution in [2.75, 3.05) is 5.73 Å². The minimum absolute atomic E-state index is 0.145. The van der Waals surface area contributed by atoms with Gasteiger partial charge in [-0.15, -0.1) is 0 Å². The maximum atomic E-state index is 13.1. The van der Waals surface area contributed by atoms with Crippen LogP contribution in [0.5, 0.6) is 0 Å². The van der Waals surface area contributed by atoms with E-state index in [-0.39, 0.29) is 5.69 Å². The van der Waals surface area contributed by atoms with Gasteiger partial charge in [-0.25, -0.2) is 4.39 Å². The van der Waals surface area contributed by atoms with Gasteiger partial charge in [0.05, 0.1) is 11.4 Å². The lowest BCUT2D eigenvalue weighted by Gasteiger charge is -2.02. The van der Waals surface area contributed by atoms with E-state index in [0.29, 0.717) is 11.3 Å². The first-order valence-corrected chi connectivity index (χ1v) is 4.22. The van der Waals surface area contributed by atoms with Crippen molar-refractivity contribution in [3.8, 4) is 11.3 Å². The van der Waals surface area contributed by atoms with Crippen LogP contribution in [0.1, 0.15) is 0 Å². The molecular formula is C10H10FN3. The number of aromatic nitrogens is 2. The van der Waals surface area contributed by atoms with E-state index >= 15 is 0 Å². The SMILES string of the molecule is Cn1ccc(-c2cccc(F)c2N)n1. The van der Waals surface area contributed by atoms with E-state index in [2.05, 4.69) is 5.10 Å². The molecule has 1 aromatic carbocycles. The molecule has 0 saturated heterocycles. The van der Waals surface area contributed by atoms with Crippen LogP contribution < -0.4 is 5.73 Å². The molecule has 2 aromatic rings. The molecule has 2 N–H and O–H groups in total. The maximum Gasteiger partial charge on any atom is 0.146 e. The van der Waals surface area contributed by atoms with Gasteiger partial charge >= 0.3 is 0 Å². The fourth-order valence-corrected chi connectivity index (χ4v) is 1.32. The van der Waals surface area contributed by atoms with E-state index in [0.717, 1.165) is 0 Å². The van der Waals surface area contributed by atoms with E-state index in [1.807, 2.05) is 0 Å². The lowest BCUT2D eigenvalue weighted by atomic mass is 10.1. The number of benzene rings is 1. The molecule has 4 heteroatoms. The molecule has 0 aliphatic rings. The normalized spacial score (nSPS) is 10.4. The molecule has 2 rings (SSSR count). The summed E-state index contributed by atoms with van der Waals surface area (Å²) in [5.41, 5.74) is 7.06. The second kappa shape index (κ2) is 3.14. The fourth-order valence-electron chi connectivity index (χ4n) is 1.32. The highest BCUT2D eigenvalue weighted by Crippen LogP contribution is 2.25. The van der Waals surface area contributed by atoms with Crippen LogP contribution in [-0.2, 0) is 7.05 Å². The van der Waals surface area contributed by atoms with Crippen molar-refractivity contribution in [1.29, 1.82) is 0 Å². The Kier molecular flexibility index (Phi) is 1.96. The van der Waals surface area contributed by atoms with Crippen molar-refractivity contribution in [3.05, 3.63) is 36.3 Å². The molecule has 3 nitrogen and oxygen atoms in total. The predicted molar refractivity (Wildman–Crippen MR) is 53.0 cm³/mol. The number of nitrogen functional groups attached to an aromatic ring is 1. The Morgan fingerprint density at radius 3 is 2.79 bits per heavy atom. The number of hydrogen-bond donors (Lipinski definition) is 1. The zero-order valence-electron chi connectivity index (χ0n) is 7.74. The third-order valence-electron chi connectivity index (χ3n) is 2.04. The summed E-state index contributed by atoms with van der Waals surface area (Å²) in [6.45, 7) is 0. The van der Waals surface area contributed by atoms with Crippen LogP contribution in [0.3, 0.4) is 0 Å². The number of nitrogens with two attached hydrogens (primary N) is 1. The van der Waals surface area contributed by atoms with Crippen LogP contribution in [0, 0.1) is 5.82 Å². The Morgan fingerprint density at radius 2 is 2.14 bits per heavy atom. The van der Waals surface area contributed by atoms with Crippen LogP contribution in [0.15, 0.2) is 30.5 Å². The lowest BCUT2D eigenvalue weighted by Crippen LogP contribution is -1.95. The average molecular weight is 191 g/mol. The van der Waals surface area contributed by atoms with E-state index in [9.17, 15) is 4.39 Å². The van der Waals surface area contributed by atoms with E-state index in [1.165, 1.54) is 6.07 Å².